The first-order valence-corrected chi connectivity index (χ1v) is 7.00. The second kappa shape index (κ2) is 6.50. The second-order valence-electron chi connectivity index (χ2n) is 5.65. The number of likely N-dealkylation sites (N-methyl/N-ethyl adjacent to an activating group) is 1. The van der Waals surface area contributed by atoms with Gasteiger partial charge < -0.3 is 20.2 Å². The SMILES string of the molecule is CN1CCN(C(=O)CNCC2CCC(O)C2)CC1. The normalized spacial score (nSPS) is 29.8. The van der Waals surface area contributed by atoms with Gasteiger partial charge in [-0.3, -0.25) is 4.79 Å². The summed E-state index contributed by atoms with van der Waals surface area (Å²) in [5.41, 5.74) is 0. The summed E-state index contributed by atoms with van der Waals surface area (Å²) in [6.07, 6.45) is 2.76. The first-order valence-electron chi connectivity index (χ1n) is 7.00. The zero-order valence-electron chi connectivity index (χ0n) is 11.3. The van der Waals surface area contributed by atoms with Crippen molar-refractivity contribution in [3.8, 4) is 0 Å². The van der Waals surface area contributed by atoms with E-state index < -0.39 is 0 Å². The number of amides is 1. The molecular weight excluding hydrogens is 230 g/mol. The van der Waals surface area contributed by atoms with Gasteiger partial charge in [-0.1, -0.05) is 0 Å². The number of carbonyl (C=O) groups excluding carboxylic acids is 1. The molecule has 18 heavy (non-hydrogen) atoms. The van der Waals surface area contributed by atoms with Crippen LogP contribution < -0.4 is 5.32 Å². The number of hydrogen-bond donors (Lipinski definition) is 2. The van der Waals surface area contributed by atoms with Crippen LogP contribution in [0.1, 0.15) is 19.3 Å². The van der Waals surface area contributed by atoms with Crippen LogP contribution in [0, 0.1) is 5.92 Å². The highest BCUT2D eigenvalue weighted by Crippen LogP contribution is 2.24. The summed E-state index contributed by atoms with van der Waals surface area (Å²) >= 11 is 0. The Morgan fingerprint density at radius 2 is 2.00 bits per heavy atom. The van der Waals surface area contributed by atoms with E-state index in [0.717, 1.165) is 52.0 Å². The lowest BCUT2D eigenvalue weighted by molar-refractivity contribution is -0.131. The minimum atomic E-state index is -0.120. The first kappa shape index (κ1) is 13.8. The number of aliphatic hydroxyl groups excluding tert-OH is 1. The Bertz CT molecular complexity index is 277. The summed E-state index contributed by atoms with van der Waals surface area (Å²) in [7, 11) is 2.09. The van der Waals surface area contributed by atoms with Gasteiger partial charge in [0.25, 0.3) is 0 Å². The number of nitrogens with one attached hydrogen (secondary N) is 1. The van der Waals surface area contributed by atoms with Crippen LogP contribution in [0.2, 0.25) is 0 Å². The molecule has 0 aromatic carbocycles. The molecule has 2 fully saturated rings. The van der Waals surface area contributed by atoms with Crippen molar-refractivity contribution >= 4 is 5.91 Å². The highest BCUT2D eigenvalue weighted by atomic mass is 16.3. The molecule has 2 atom stereocenters. The predicted octanol–water partition coefficient (Wildman–Crippen LogP) is -0.489. The Morgan fingerprint density at radius 1 is 1.28 bits per heavy atom. The lowest BCUT2D eigenvalue weighted by atomic mass is 10.1. The minimum absolute atomic E-state index is 0.120. The third-order valence-electron chi connectivity index (χ3n) is 4.08. The van der Waals surface area contributed by atoms with Gasteiger partial charge in [0.05, 0.1) is 12.6 Å². The van der Waals surface area contributed by atoms with Crippen LogP contribution in [0.3, 0.4) is 0 Å². The van der Waals surface area contributed by atoms with Crippen molar-refractivity contribution in [2.75, 3.05) is 46.3 Å². The maximum atomic E-state index is 11.9. The van der Waals surface area contributed by atoms with Crippen LogP contribution in [-0.2, 0) is 4.79 Å². The maximum absolute atomic E-state index is 11.9. The van der Waals surface area contributed by atoms with Gasteiger partial charge in [0.2, 0.25) is 5.91 Å². The summed E-state index contributed by atoms with van der Waals surface area (Å²) in [6.45, 7) is 4.94. The fourth-order valence-corrected chi connectivity index (χ4v) is 2.78. The average molecular weight is 255 g/mol. The molecule has 1 saturated heterocycles. The molecule has 0 spiro atoms. The van der Waals surface area contributed by atoms with E-state index in [-0.39, 0.29) is 12.0 Å². The zero-order chi connectivity index (χ0) is 13.0. The third kappa shape index (κ3) is 3.93. The average Bonchev–Trinajstić information content (AvgIpc) is 2.76. The van der Waals surface area contributed by atoms with E-state index in [1.807, 2.05) is 4.90 Å². The molecule has 0 radical (unpaired) electrons. The van der Waals surface area contributed by atoms with E-state index >= 15 is 0 Å². The van der Waals surface area contributed by atoms with Crippen LogP contribution in [0.4, 0.5) is 0 Å². The Hall–Kier alpha value is -0.650. The van der Waals surface area contributed by atoms with Gasteiger partial charge in [-0.25, -0.2) is 0 Å². The lowest BCUT2D eigenvalue weighted by Gasteiger charge is -2.32. The van der Waals surface area contributed by atoms with Crippen molar-refractivity contribution in [1.29, 1.82) is 0 Å². The monoisotopic (exact) mass is 255 g/mol. The molecule has 1 aliphatic heterocycles. The number of aliphatic hydroxyl groups is 1. The molecular formula is C13H25N3O2. The van der Waals surface area contributed by atoms with Crippen molar-refractivity contribution < 1.29 is 9.90 Å². The second-order valence-corrected chi connectivity index (χ2v) is 5.65. The smallest absolute Gasteiger partial charge is 0.236 e. The Kier molecular flexibility index (Phi) is 4.97. The summed E-state index contributed by atoms with van der Waals surface area (Å²) in [5, 5.41) is 12.7. The van der Waals surface area contributed by atoms with Gasteiger partial charge in [-0.05, 0) is 38.8 Å². The van der Waals surface area contributed by atoms with Crippen LogP contribution >= 0.6 is 0 Å². The van der Waals surface area contributed by atoms with E-state index in [1.165, 1.54) is 0 Å². The third-order valence-corrected chi connectivity index (χ3v) is 4.08. The maximum Gasteiger partial charge on any atom is 0.236 e. The lowest BCUT2D eigenvalue weighted by Crippen LogP contribution is -2.49. The standard InChI is InChI=1S/C13H25N3O2/c1-15-4-6-16(7-5-15)13(18)10-14-9-11-2-3-12(17)8-11/h11-12,14,17H,2-10H2,1H3. The highest BCUT2D eigenvalue weighted by Gasteiger charge is 2.23. The van der Waals surface area contributed by atoms with Gasteiger partial charge in [0, 0.05) is 26.2 Å². The molecule has 2 rings (SSSR count). The molecule has 2 aliphatic rings. The predicted molar refractivity (Wildman–Crippen MR) is 70.3 cm³/mol. The molecule has 1 heterocycles. The van der Waals surface area contributed by atoms with Crippen LogP contribution in [0.5, 0.6) is 0 Å². The summed E-state index contributed by atoms with van der Waals surface area (Å²) in [6, 6.07) is 0. The topological polar surface area (TPSA) is 55.8 Å². The van der Waals surface area contributed by atoms with E-state index in [4.69, 9.17) is 0 Å². The molecule has 0 bridgehead atoms. The van der Waals surface area contributed by atoms with Crippen molar-refractivity contribution in [2.45, 2.75) is 25.4 Å². The van der Waals surface area contributed by atoms with Gasteiger partial charge in [-0.15, -0.1) is 0 Å². The quantitative estimate of drug-likeness (QED) is 0.712. The molecule has 5 heteroatoms. The molecule has 2 unspecified atom stereocenters. The Labute approximate surface area is 109 Å². The van der Waals surface area contributed by atoms with Gasteiger partial charge in [0.1, 0.15) is 0 Å². The first-order chi connectivity index (χ1) is 8.65. The molecule has 0 aromatic rings. The molecule has 104 valence electrons. The highest BCUT2D eigenvalue weighted by molar-refractivity contribution is 5.78. The number of nitrogens with zero attached hydrogens (tertiary/aromatic N) is 2. The van der Waals surface area contributed by atoms with Crippen LogP contribution in [0.25, 0.3) is 0 Å². The van der Waals surface area contributed by atoms with Crippen molar-refractivity contribution in [1.82, 2.24) is 15.1 Å². The van der Waals surface area contributed by atoms with E-state index in [1.54, 1.807) is 0 Å². The molecule has 5 nitrogen and oxygen atoms in total. The summed E-state index contributed by atoms with van der Waals surface area (Å²) in [5.74, 6) is 0.752. The fourth-order valence-electron chi connectivity index (χ4n) is 2.78. The summed E-state index contributed by atoms with van der Waals surface area (Å²) in [4.78, 5) is 16.1. The zero-order valence-corrected chi connectivity index (χ0v) is 11.3. The largest absolute Gasteiger partial charge is 0.393 e. The Balaban J connectivity index is 1.60. The van der Waals surface area contributed by atoms with Gasteiger partial charge in [-0.2, -0.15) is 0 Å². The number of piperazine rings is 1. The molecule has 0 aromatic heterocycles. The molecule has 1 amide bonds. The van der Waals surface area contributed by atoms with Crippen molar-refractivity contribution in [3.05, 3.63) is 0 Å². The molecule has 1 saturated carbocycles. The molecule has 2 N–H and O–H groups in total. The minimum Gasteiger partial charge on any atom is -0.393 e. The van der Waals surface area contributed by atoms with Crippen LogP contribution in [0.15, 0.2) is 0 Å². The van der Waals surface area contributed by atoms with Gasteiger partial charge in [0.15, 0.2) is 0 Å². The number of hydrogen-bond acceptors (Lipinski definition) is 4. The fraction of sp³-hybridized carbons (Fsp3) is 0.923. The van der Waals surface area contributed by atoms with Gasteiger partial charge >= 0.3 is 0 Å². The Morgan fingerprint density at radius 3 is 2.61 bits per heavy atom. The van der Waals surface area contributed by atoms with Crippen molar-refractivity contribution in [2.24, 2.45) is 5.92 Å². The van der Waals surface area contributed by atoms with Crippen molar-refractivity contribution in [3.63, 3.8) is 0 Å². The molecule has 1 aliphatic carbocycles. The van der Waals surface area contributed by atoms with E-state index in [9.17, 15) is 9.90 Å². The number of carbonyl (C=O) groups is 1. The number of rotatable bonds is 4. The summed E-state index contributed by atoms with van der Waals surface area (Å²) < 4.78 is 0. The van der Waals surface area contributed by atoms with E-state index in [2.05, 4.69) is 17.3 Å². The van der Waals surface area contributed by atoms with E-state index in [0.29, 0.717) is 12.5 Å². The van der Waals surface area contributed by atoms with Crippen LogP contribution in [-0.4, -0.2) is 73.2 Å².